The molecule has 1 unspecified atom stereocenters. The van der Waals surface area contributed by atoms with Crippen molar-refractivity contribution in [2.24, 2.45) is 10.9 Å². The first kappa shape index (κ1) is 18.2. The van der Waals surface area contributed by atoms with Gasteiger partial charge in [0.15, 0.2) is 5.96 Å². The SMILES string of the molecule is CN=C(NCCCCC(C)C)NCCCOC1CCOC1. The maximum atomic E-state index is 5.73. The Labute approximate surface area is 129 Å². The van der Waals surface area contributed by atoms with Crippen LogP contribution in [0, 0.1) is 5.92 Å². The molecule has 124 valence electrons. The summed E-state index contributed by atoms with van der Waals surface area (Å²) in [6.45, 7) is 8.80. The van der Waals surface area contributed by atoms with Crippen LogP contribution in [0.15, 0.2) is 4.99 Å². The largest absolute Gasteiger partial charge is 0.379 e. The highest BCUT2D eigenvalue weighted by Crippen LogP contribution is 2.08. The molecule has 1 aliphatic rings. The minimum Gasteiger partial charge on any atom is -0.379 e. The molecule has 0 aromatic heterocycles. The van der Waals surface area contributed by atoms with Gasteiger partial charge in [0.05, 0.1) is 12.7 Å². The van der Waals surface area contributed by atoms with E-state index in [1.807, 2.05) is 7.05 Å². The molecule has 1 aliphatic heterocycles. The van der Waals surface area contributed by atoms with E-state index in [0.29, 0.717) is 6.10 Å². The van der Waals surface area contributed by atoms with E-state index in [1.165, 1.54) is 19.3 Å². The van der Waals surface area contributed by atoms with E-state index in [0.717, 1.165) is 57.6 Å². The van der Waals surface area contributed by atoms with E-state index < -0.39 is 0 Å². The summed E-state index contributed by atoms with van der Waals surface area (Å²) in [7, 11) is 1.82. The number of unbranched alkanes of at least 4 members (excludes halogenated alkanes) is 1. The third-order valence-electron chi connectivity index (χ3n) is 3.58. The minimum absolute atomic E-state index is 0.309. The first-order valence-electron chi connectivity index (χ1n) is 8.36. The van der Waals surface area contributed by atoms with Crippen molar-refractivity contribution in [2.75, 3.05) is 40.0 Å². The summed E-state index contributed by atoms with van der Waals surface area (Å²) in [6, 6.07) is 0. The zero-order chi connectivity index (χ0) is 15.3. The molecule has 1 atom stereocenters. The molecular weight excluding hydrogens is 266 g/mol. The summed E-state index contributed by atoms with van der Waals surface area (Å²) in [4.78, 5) is 4.23. The Morgan fingerprint density at radius 1 is 1.24 bits per heavy atom. The molecule has 5 nitrogen and oxygen atoms in total. The second-order valence-electron chi connectivity index (χ2n) is 6.03. The van der Waals surface area contributed by atoms with E-state index in [-0.39, 0.29) is 0 Å². The third-order valence-corrected chi connectivity index (χ3v) is 3.58. The molecule has 1 saturated heterocycles. The molecule has 1 fully saturated rings. The number of aliphatic imine (C=N–C) groups is 1. The van der Waals surface area contributed by atoms with Crippen molar-refractivity contribution in [1.82, 2.24) is 10.6 Å². The lowest BCUT2D eigenvalue weighted by Gasteiger charge is -2.13. The van der Waals surface area contributed by atoms with Crippen molar-refractivity contribution < 1.29 is 9.47 Å². The second-order valence-corrected chi connectivity index (χ2v) is 6.03. The summed E-state index contributed by atoms with van der Waals surface area (Å²) < 4.78 is 11.0. The molecule has 5 heteroatoms. The molecule has 21 heavy (non-hydrogen) atoms. The highest BCUT2D eigenvalue weighted by atomic mass is 16.5. The maximum absolute atomic E-state index is 5.73. The second kappa shape index (κ2) is 11.8. The highest BCUT2D eigenvalue weighted by molar-refractivity contribution is 5.79. The summed E-state index contributed by atoms with van der Waals surface area (Å²) >= 11 is 0. The van der Waals surface area contributed by atoms with Crippen molar-refractivity contribution in [3.05, 3.63) is 0 Å². The minimum atomic E-state index is 0.309. The smallest absolute Gasteiger partial charge is 0.190 e. The van der Waals surface area contributed by atoms with Crippen LogP contribution in [0.4, 0.5) is 0 Å². The summed E-state index contributed by atoms with van der Waals surface area (Å²) in [6.07, 6.45) is 6.11. The molecular formula is C16H33N3O2. The van der Waals surface area contributed by atoms with Gasteiger partial charge in [0.1, 0.15) is 0 Å². The number of hydrogen-bond acceptors (Lipinski definition) is 3. The normalized spacial score (nSPS) is 19.2. The van der Waals surface area contributed by atoms with E-state index >= 15 is 0 Å². The predicted octanol–water partition coefficient (Wildman–Crippen LogP) is 2.17. The van der Waals surface area contributed by atoms with Gasteiger partial charge in [0.25, 0.3) is 0 Å². The lowest BCUT2D eigenvalue weighted by atomic mass is 10.1. The molecule has 1 rings (SSSR count). The van der Waals surface area contributed by atoms with Gasteiger partial charge >= 0.3 is 0 Å². The van der Waals surface area contributed by atoms with E-state index in [2.05, 4.69) is 29.5 Å². The van der Waals surface area contributed by atoms with Gasteiger partial charge in [0.2, 0.25) is 0 Å². The molecule has 0 bridgehead atoms. The van der Waals surface area contributed by atoms with Crippen LogP contribution < -0.4 is 10.6 Å². The van der Waals surface area contributed by atoms with Crippen LogP contribution in [0.25, 0.3) is 0 Å². The quantitative estimate of drug-likeness (QED) is 0.369. The molecule has 0 aliphatic carbocycles. The Bertz CT molecular complexity index is 277. The molecule has 0 aromatic carbocycles. The first-order valence-corrected chi connectivity index (χ1v) is 8.36. The molecule has 0 saturated carbocycles. The number of rotatable bonds is 10. The van der Waals surface area contributed by atoms with E-state index in [1.54, 1.807) is 0 Å². The fraction of sp³-hybridized carbons (Fsp3) is 0.938. The van der Waals surface area contributed by atoms with E-state index in [4.69, 9.17) is 9.47 Å². The van der Waals surface area contributed by atoms with Crippen LogP contribution in [-0.2, 0) is 9.47 Å². The highest BCUT2D eigenvalue weighted by Gasteiger charge is 2.15. The van der Waals surface area contributed by atoms with Crippen LogP contribution in [0.1, 0.15) is 46.0 Å². The molecule has 1 heterocycles. The fourth-order valence-electron chi connectivity index (χ4n) is 2.28. The first-order chi connectivity index (χ1) is 10.2. The van der Waals surface area contributed by atoms with Gasteiger partial charge in [-0.3, -0.25) is 4.99 Å². The zero-order valence-electron chi connectivity index (χ0n) is 14.0. The van der Waals surface area contributed by atoms with E-state index in [9.17, 15) is 0 Å². The summed E-state index contributed by atoms with van der Waals surface area (Å²) in [5.41, 5.74) is 0. The molecule has 0 radical (unpaired) electrons. The predicted molar refractivity (Wildman–Crippen MR) is 87.8 cm³/mol. The van der Waals surface area contributed by atoms with Crippen LogP contribution in [0.3, 0.4) is 0 Å². The van der Waals surface area contributed by atoms with Gasteiger partial charge in [-0.2, -0.15) is 0 Å². The molecule has 0 spiro atoms. The Morgan fingerprint density at radius 2 is 2.00 bits per heavy atom. The van der Waals surface area contributed by atoms with Crippen molar-refractivity contribution in [2.45, 2.75) is 52.1 Å². The van der Waals surface area contributed by atoms with Crippen molar-refractivity contribution >= 4 is 5.96 Å². The monoisotopic (exact) mass is 299 g/mol. The number of guanidine groups is 1. The lowest BCUT2D eigenvalue weighted by molar-refractivity contribution is 0.0420. The van der Waals surface area contributed by atoms with Gasteiger partial charge in [-0.15, -0.1) is 0 Å². The average Bonchev–Trinajstić information content (AvgIpc) is 2.97. The molecule has 0 amide bonds. The Morgan fingerprint density at radius 3 is 2.62 bits per heavy atom. The van der Waals surface area contributed by atoms with Crippen LogP contribution in [-0.4, -0.2) is 52.0 Å². The Kier molecular flexibility index (Phi) is 10.3. The number of ether oxygens (including phenoxy) is 2. The Balaban J connectivity index is 1.93. The average molecular weight is 299 g/mol. The maximum Gasteiger partial charge on any atom is 0.190 e. The third kappa shape index (κ3) is 9.69. The van der Waals surface area contributed by atoms with Gasteiger partial charge in [0, 0.05) is 33.4 Å². The van der Waals surface area contributed by atoms with Crippen molar-refractivity contribution in [1.29, 1.82) is 0 Å². The van der Waals surface area contributed by atoms with Crippen LogP contribution >= 0.6 is 0 Å². The standard InChI is InChI=1S/C16H33N3O2/c1-14(2)7-4-5-9-18-16(17-3)19-10-6-11-21-15-8-12-20-13-15/h14-15H,4-13H2,1-3H3,(H2,17,18,19). The van der Waals surface area contributed by atoms with Crippen LogP contribution in [0.2, 0.25) is 0 Å². The summed E-state index contributed by atoms with van der Waals surface area (Å²) in [5.74, 6) is 1.69. The number of nitrogens with one attached hydrogen (secondary N) is 2. The van der Waals surface area contributed by atoms with Gasteiger partial charge in [-0.25, -0.2) is 0 Å². The fourth-order valence-corrected chi connectivity index (χ4v) is 2.28. The van der Waals surface area contributed by atoms with Crippen molar-refractivity contribution in [3.8, 4) is 0 Å². The number of nitrogens with zero attached hydrogens (tertiary/aromatic N) is 1. The van der Waals surface area contributed by atoms with Gasteiger partial charge < -0.3 is 20.1 Å². The van der Waals surface area contributed by atoms with Crippen molar-refractivity contribution in [3.63, 3.8) is 0 Å². The zero-order valence-corrected chi connectivity index (χ0v) is 14.0. The Hall–Kier alpha value is -0.810. The lowest BCUT2D eigenvalue weighted by Crippen LogP contribution is -2.38. The summed E-state index contributed by atoms with van der Waals surface area (Å²) in [5, 5.41) is 6.68. The molecule has 2 N–H and O–H groups in total. The van der Waals surface area contributed by atoms with Crippen LogP contribution in [0.5, 0.6) is 0 Å². The van der Waals surface area contributed by atoms with Gasteiger partial charge in [-0.1, -0.05) is 26.7 Å². The topological polar surface area (TPSA) is 54.9 Å². The van der Waals surface area contributed by atoms with Gasteiger partial charge in [-0.05, 0) is 25.2 Å². The number of hydrogen-bond donors (Lipinski definition) is 2. The molecule has 0 aromatic rings.